The Hall–Kier alpha value is -2.37. The van der Waals surface area contributed by atoms with Crippen LogP contribution in [0.25, 0.3) is 0 Å². The van der Waals surface area contributed by atoms with E-state index >= 15 is 0 Å². The number of nitrogens with one attached hydrogen (secondary N) is 3. The largest absolute Gasteiger partial charge is 0.359 e. The van der Waals surface area contributed by atoms with Crippen LogP contribution in [0.4, 0.5) is 5.69 Å². The zero-order chi connectivity index (χ0) is 19.7. The molecular weight excluding hydrogens is 318 g/mol. The normalized spacial score (nSPS) is 8.72. The lowest BCUT2D eigenvalue weighted by Crippen LogP contribution is -2.20. The molecule has 6 nitrogen and oxygen atoms in total. The van der Waals surface area contributed by atoms with Crippen molar-refractivity contribution in [2.45, 2.75) is 53.9 Å². The molecule has 0 radical (unpaired) electrons. The molecule has 25 heavy (non-hydrogen) atoms. The van der Waals surface area contributed by atoms with Gasteiger partial charge in [-0.25, -0.2) is 0 Å². The molecular formula is C19H33N3O3. The standard InChI is InChI=1S/C10H13NO.C5H11NO.C4H9NO/c1-3-10(12)11-9-6-4-8(2)5-7-9;1-3-5(7)6-4-2;1-3-4(6)5-2/h4-7H,3H2,1-2H3,(H,11,12);3-4H2,1-2H3,(H,6,7);3H2,1-2H3,(H,5,6). The number of aryl methyl sites for hydroxylation is 1. The van der Waals surface area contributed by atoms with Gasteiger partial charge in [0.15, 0.2) is 0 Å². The molecule has 0 aliphatic rings. The molecule has 0 spiro atoms. The first-order valence-electron chi connectivity index (χ1n) is 8.68. The van der Waals surface area contributed by atoms with Gasteiger partial charge in [-0.05, 0) is 26.0 Å². The molecule has 6 heteroatoms. The lowest BCUT2D eigenvalue weighted by molar-refractivity contribution is -0.121. The monoisotopic (exact) mass is 351 g/mol. The van der Waals surface area contributed by atoms with Gasteiger partial charge in [0.2, 0.25) is 17.7 Å². The highest BCUT2D eigenvalue weighted by atomic mass is 16.2. The summed E-state index contributed by atoms with van der Waals surface area (Å²) >= 11 is 0. The maximum absolute atomic E-state index is 11.0. The number of rotatable bonds is 5. The minimum atomic E-state index is 0.0545. The van der Waals surface area contributed by atoms with Gasteiger partial charge in [0.1, 0.15) is 0 Å². The Kier molecular flexibility index (Phi) is 16.4. The smallest absolute Gasteiger partial charge is 0.224 e. The third kappa shape index (κ3) is 16.3. The fourth-order valence-electron chi connectivity index (χ4n) is 1.39. The summed E-state index contributed by atoms with van der Waals surface area (Å²) in [7, 11) is 1.63. The van der Waals surface area contributed by atoms with E-state index in [1.54, 1.807) is 7.05 Å². The molecule has 0 aromatic heterocycles. The molecule has 1 aromatic carbocycles. The van der Waals surface area contributed by atoms with Crippen LogP contribution in [0.15, 0.2) is 24.3 Å². The van der Waals surface area contributed by atoms with Crippen molar-refractivity contribution >= 4 is 23.4 Å². The minimum absolute atomic E-state index is 0.0545. The molecule has 1 rings (SSSR count). The Morgan fingerprint density at radius 1 is 0.800 bits per heavy atom. The van der Waals surface area contributed by atoms with Crippen molar-refractivity contribution in [2.75, 3.05) is 18.9 Å². The predicted molar refractivity (Wildman–Crippen MR) is 103 cm³/mol. The second kappa shape index (κ2) is 16.5. The average molecular weight is 351 g/mol. The van der Waals surface area contributed by atoms with Gasteiger partial charge in [-0.1, -0.05) is 38.5 Å². The van der Waals surface area contributed by atoms with Gasteiger partial charge < -0.3 is 16.0 Å². The van der Waals surface area contributed by atoms with E-state index in [4.69, 9.17) is 0 Å². The molecule has 142 valence electrons. The quantitative estimate of drug-likeness (QED) is 0.762. The van der Waals surface area contributed by atoms with E-state index < -0.39 is 0 Å². The summed E-state index contributed by atoms with van der Waals surface area (Å²) in [5.41, 5.74) is 2.07. The summed E-state index contributed by atoms with van der Waals surface area (Å²) in [6.45, 7) is 10.2. The fourth-order valence-corrected chi connectivity index (χ4v) is 1.39. The number of amides is 3. The first-order chi connectivity index (χ1) is 11.8. The SMILES string of the molecule is CCC(=O)NC.CCC(=O)Nc1ccc(C)cc1.CCNC(=O)CC. The number of hydrogen-bond donors (Lipinski definition) is 3. The highest BCUT2D eigenvalue weighted by Crippen LogP contribution is 2.08. The molecule has 3 amide bonds. The highest BCUT2D eigenvalue weighted by Gasteiger charge is 1.96. The van der Waals surface area contributed by atoms with E-state index in [2.05, 4.69) is 16.0 Å². The Morgan fingerprint density at radius 2 is 1.28 bits per heavy atom. The lowest BCUT2D eigenvalue weighted by atomic mass is 10.2. The topological polar surface area (TPSA) is 87.3 Å². The number of benzene rings is 1. The van der Waals surface area contributed by atoms with Gasteiger partial charge in [-0.15, -0.1) is 0 Å². The number of anilines is 1. The van der Waals surface area contributed by atoms with Crippen LogP contribution in [0.1, 0.15) is 52.5 Å². The number of carbonyl (C=O) groups is 3. The molecule has 0 atom stereocenters. The molecule has 3 N–H and O–H groups in total. The molecule has 0 aliphatic carbocycles. The zero-order valence-corrected chi connectivity index (χ0v) is 16.4. The van der Waals surface area contributed by atoms with Gasteiger partial charge in [-0.3, -0.25) is 14.4 Å². The molecule has 1 aromatic rings. The van der Waals surface area contributed by atoms with Crippen molar-refractivity contribution in [2.24, 2.45) is 0 Å². The number of carbonyl (C=O) groups excluding carboxylic acids is 3. The summed E-state index contributed by atoms with van der Waals surface area (Å²) in [6.07, 6.45) is 1.69. The third-order valence-corrected chi connectivity index (χ3v) is 2.95. The second-order valence-electron chi connectivity index (χ2n) is 5.10. The van der Waals surface area contributed by atoms with Gasteiger partial charge in [0, 0.05) is 38.5 Å². The van der Waals surface area contributed by atoms with Crippen LogP contribution < -0.4 is 16.0 Å². The van der Waals surface area contributed by atoms with Crippen molar-refractivity contribution in [3.05, 3.63) is 29.8 Å². The highest BCUT2D eigenvalue weighted by molar-refractivity contribution is 5.90. The van der Waals surface area contributed by atoms with Crippen LogP contribution in [0.3, 0.4) is 0 Å². The summed E-state index contributed by atoms with van der Waals surface area (Å²) in [4.78, 5) is 31.3. The van der Waals surface area contributed by atoms with Crippen molar-refractivity contribution in [1.82, 2.24) is 10.6 Å². The van der Waals surface area contributed by atoms with Crippen LogP contribution in [0.5, 0.6) is 0 Å². The van der Waals surface area contributed by atoms with Gasteiger partial charge in [0.25, 0.3) is 0 Å². The van der Waals surface area contributed by atoms with E-state index in [0.717, 1.165) is 12.2 Å². The third-order valence-electron chi connectivity index (χ3n) is 2.95. The maximum atomic E-state index is 11.0. The molecule has 0 unspecified atom stereocenters. The van der Waals surface area contributed by atoms with Gasteiger partial charge in [0.05, 0.1) is 0 Å². The number of hydrogen-bond acceptors (Lipinski definition) is 3. The Bertz CT molecular complexity index is 493. The summed E-state index contributed by atoms with van der Waals surface area (Å²) < 4.78 is 0. The predicted octanol–water partition coefficient (Wildman–Crippen LogP) is 3.02. The minimum Gasteiger partial charge on any atom is -0.359 e. The van der Waals surface area contributed by atoms with Crippen LogP contribution in [-0.2, 0) is 14.4 Å². The van der Waals surface area contributed by atoms with E-state index in [9.17, 15) is 14.4 Å². The van der Waals surface area contributed by atoms with Crippen molar-refractivity contribution in [3.63, 3.8) is 0 Å². The Morgan fingerprint density at radius 3 is 1.56 bits per heavy atom. The summed E-state index contributed by atoms with van der Waals surface area (Å²) in [6, 6.07) is 7.77. The molecule has 0 heterocycles. The van der Waals surface area contributed by atoms with Crippen molar-refractivity contribution in [3.8, 4) is 0 Å². The van der Waals surface area contributed by atoms with Crippen molar-refractivity contribution in [1.29, 1.82) is 0 Å². The maximum Gasteiger partial charge on any atom is 0.224 e. The molecule has 0 aliphatic heterocycles. The lowest BCUT2D eigenvalue weighted by Gasteiger charge is -2.02. The fraction of sp³-hybridized carbons (Fsp3) is 0.526. The molecule has 0 bridgehead atoms. The molecule has 0 saturated heterocycles. The van der Waals surface area contributed by atoms with Crippen LogP contribution in [0.2, 0.25) is 0 Å². The van der Waals surface area contributed by atoms with E-state index in [0.29, 0.717) is 19.3 Å². The summed E-state index contributed by atoms with van der Waals surface area (Å²) in [5, 5.41) is 7.91. The Labute approximate surface area is 151 Å². The molecule has 0 fully saturated rings. The van der Waals surface area contributed by atoms with E-state index in [-0.39, 0.29) is 17.7 Å². The van der Waals surface area contributed by atoms with Crippen LogP contribution in [-0.4, -0.2) is 31.3 Å². The first-order valence-corrected chi connectivity index (χ1v) is 8.68. The van der Waals surface area contributed by atoms with Gasteiger partial charge >= 0.3 is 0 Å². The van der Waals surface area contributed by atoms with E-state index in [1.165, 1.54) is 5.56 Å². The Balaban J connectivity index is 0. The summed E-state index contributed by atoms with van der Waals surface area (Å²) in [5.74, 6) is 0.274. The average Bonchev–Trinajstić information content (AvgIpc) is 2.64. The van der Waals surface area contributed by atoms with Crippen molar-refractivity contribution < 1.29 is 14.4 Å². The zero-order valence-electron chi connectivity index (χ0n) is 16.4. The van der Waals surface area contributed by atoms with E-state index in [1.807, 2.05) is 58.9 Å². The van der Waals surface area contributed by atoms with Crippen LogP contribution >= 0.6 is 0 Å². The molecule has 0 saturated carbocycles. The second-order valence-corrected chi connectivity index (χ2v) is 5.10. The van der Waals surface area contributed by atoms with Gasteiger partial charge in [-0.2, -0.15) is 0 Å². The first kappa shape index (κ1) is 24.9. The van der Waals surface area contributed by atoms with Crippen LogP contribution in [0, 0.1) is 6.92 Å².